The Morgan fingerprint density at radius 3 is 2.23 bits per heavy atom. The second kappa shape index (κ2) is 7.70. The van der Waals surface area contributed by atoms with Gasteiger partial charge < -0.3 is 20.5 Å². The fourth-order valence-corrected chi connectivity index (χ4v) is 2.77. The van der Waals surface area contributed by atoms with E-state index in [1.165, 1.54) is 0 Å². The summed E-state index contributed by atoms with van der Waals surface area (Å²) >= 11 is 0. The van der Waals surface area contributed by atoms with Crippen molar-refractivity contribution in [1.82, 2.24) is 0 Å². The number of nitrogens with one attached hydrogen (secondary N) is 1. The lowest BCUT2D eigenvalue weighted by atomic mass is 9.82. The lowest BCUT2D eigenvalue weighted by Gasteiger charge is -2.32. The van der Waals surface area contributed by atoms with E-state index >= 15 is 0 Å². The van der Waals surface area contributed by atoms with Gasteiger partial charge in [-0.15, -0.1) is 12.4 Å². The summed E-state index contributed by atoms with van der Waals surface area (Å²) in [6.07, 6.45) is 4.65. The summed E-state index contributed by atoms with van der Waals surface area (Å²) < 4.78 is 10.5. The average molecular weight is 329 g/mol. The van der Waals surface area contributed by atoms with Crippen LogP contribution < -0.4 is 20.5 Å². The molecule has 0 unspecified atom stereocenters. The Kier molecular flexibility index (Phi) is 6.50. The molecule has 0 saturated heterocycles. The first-order valence-corrected chi connectivity index (χ1v) is 7.33. The van der Waals surface area contributed by atoms with Crippen LogP contribution in [0.2, 0.25) is 0 Å². The van der Waals surface area contributed by atoms with Gasteiger partial charge in [0.25, 0.3) is 0 Å². The van der Waals surface area contributed by atoms with E-state index in [1.807, 2.05) is 13.0 Å². The number of carbonyl (C=O) groups is 1. The van der Waals surface area contributed by atoms with Crippen LogP contribution in [0.25, 0.3) is 0 Å². The monoisotopic (exact) mass is 328 g/mol. The van der Waals surface area contributed by atoms with Crippen molar-refractivity contribution in [3.8, 4) is 11.5 Å². The minimum atomic E-state index is -0.752. The maximum Gasteiger partial charge on any atom is 0.244 e. The molecule has 1 saturated carbocycles. The molecular formula is C16H25ClN2O3. The molecule has 1 amide bonds. The van der Waals surface area contributed by atoms with Crippen LogP contribution in [0.5, 0.6) is 11.5 Å². The zero-order valence-corrected chi connectivity index (χ0v) is 14.2. The minimum Gasteiger partial charge on any atom is -0.493 e. The van der Waals surface area contributed by atoms with Gasteiger partial charge in [-0.3, -0.25) is 4.79 Å². The molecule has 0 atom stereocenters. The van der Waals surface area contributed by atoms with Crippen LogP contribution in [0.3, 0.4) is 0 Å². The van der Waals surface area contributed by atoms with Crippen molar-refractivity contribution in [2.24, 2.45) is 5.73 Å². The molecule has 1 fully saturated rings. The predicted molar refractivity (Wildman–Crippen MR) is 90.2 cm³/mol. The van der Waals surface area contributed by atoms with Crippen molar-refractivity contribution < 1.29 is 14.3 Å². The number of carbonyl (C=O) groups excluding carboxylic acids is 1. The summed E-state index contributed by atoms with van der Waals surface area (Å²) in [6, 6.07) is 3.62. The van der Waals surface area contributed by atoms with Gasteiger partial charge in [-0.05, 0) is 31.4 Å². The third-order valence-electron chi connectivity index (χ3n) is 4.18. The molecule has 3 N–H and O–H groups in total. The standard InChI is InChI=1S/C16H24N2O3.ClH/c1-11-9-13(20-2)14(21-3)10-12(11)18-15(19)16(17)7-5-4-6-8-16;/h9-10H,4-8,17H2,1-3H3,(H,18,19);1H. The number of ether oxygens (including phenoxy) is 2. The molecule has 0 aromatic heterocycles. The number of anilines is 1. The minimum absolute atomic E-state index is 0. The van der Waals surface area contributed by atoms with E-state index in [2.05, 4.69) is 5.32 Å². The van der Waals surface area contributed by atoms with Gasteiger partial charge in [-0.1, -0.05) is 19.3 Å². The number of aryl methyl sites for hydroxylation is 1. The number of halogens is 1. The second-order valence-electron chi connectivity index (χ2n) is 5.69. The van der Waals surface area contributed by atoms with Gasteiger partial charge in [-0.25, -0.2) is 0 Å². The molecule has 0 spiro atoms. The molecule has 1 aromatic carbocycles. The van der Waals surface area contributed by atoms with Crippen molar-refractivity contribution in [2.75, 3.05) is 19.5 Å². The Balaban J connectivity index is 0.00000242. The first kappa shape index (κ1) is 18.6. The number of methoxy groups -OCH3 is 2. The van der Waals surface area contributed by atoms with Gasteiger partial charge in [0.2, 0.25) is 5.91 Å². The zero-order valence-electron chi connectivity index (χ0n) is 13.4. The van der Waals surface area contributed by atoms with Crippen LogP contribution >= 0.6 is 12.4 Å². The SMILES string of the molecule is COc1cc(C)c(NC(=O)C2(N)CCCCC2)cc1OC.Cl. The number of hydrogen-bond acceptors (Lipinski definition) is 4. The topological polar surface area (TPSA) is 73.6 Å². The molecule has 1 aliphatic rings. The van der Waals surface area contributed by atoms with Crippen molar-refractivity contribution in [3.63, 3.8) is 0 Å². The molecule has 0 heterocycles. The number of nitrogens with two attached hydrogens (primary N) is 1. The van der Waals surface area contributed by atoms with E-state index in [-0.39, 0.29) is 18.3 Å². The highest BCUT2D eigenvalue weighted by Gasteiger charge is 2.35. The summed E-state index contributed by atoms with van der Waals surface area (Å²) in [7, 11) is 3.16. The van der Waals surface area contributed by atoms with Gasteiger partial charge in [0.1, 0.15) is 0 Å². The van der Waals surface area contributed by atoms with E-state index in [0.29, 0.717) is 17.2 Å². The molecule has 124 valence electrons. The molecule has 2 rings (SSSR count). The third-order valence-corrected chi connectivity index (χ3v) is 4.18. The first-order chi connectivity index (χ1) is 10.00. The van der Waals surface area contributed by atoms with Crippen molar-refractivity contribution in [2.45, 2.75) is 44.6 Å². The number of amides is 1. The largest absolute Gasteiger partial charge is 0.493 e. The van der Waals surface area contributed by atoms with Gasteiger partial charge in [-0.2, -0.15) is 0 Å². The first-order valence-electron chi connectivity index (χ1n) is 7.33. The summed E-state index contributed by atoms with van der Waals surface area (Å²) in [5, 5.41) is 2.95. The fraction of sp³-hybridized carbons (Fsp3) is 0.562. The molecule has 22 heavy (non-hydrogen) atoms. The highest BCUT2D eigenvalue weighted by molar-refractivity contribution is 5.98. The Labute approximate surface area is 138 Å². The van der Waals surface area contributed by atoms with Crippen molar-refractivity contribution in [3.05, 3.63) is 17.7 Å². The Hall–Kier alpha value is -1.46. The van der Waals surface area contributed by atoms with Gasteiger partial charge in [0, 0.05) is 11.8 Å². The fourth-order valence-electron chi connectivity index (χ4n) is 2.77. The summed E-state index contributed by atoms with van der Waals surface area (Å²) in [4.78, 5) is 12.5. The van der Waals surface area contributed by atoms with E-state index < -0.39 is 5.54 Å². The maximum atomic E-state index is 12.5. The molecule has 1 aliphatic carbocycles. The van der Waals surface area contributed by atoms with Crippen LogP contribution in [-0.4, -0.2) is 25.7 Å². The number of hydrogen-bond donors (Lipinski definition) is 2. The molecule has 0 bridgehead atoms. The van der Waals surface area contributed by atoms with Crippen LogP contribution in [-0.2, 0) is 4.79 Å². The van der Waals surface area contributed by atoms with Crippen LogP contribution in [0.4, 0.5) is 5.69 Å². The summed E-state index contributed by atoms with van der Waals surface area (Å²) in [5.41, 5.74) is 7.14. The Morgan fingerprint density at radius 2 is 1.68 bits per heavy atom. The quantitative estimate of drug-likeness (QED) is 0.891. The number of rotatable bonds is 4. The summed E-state index contributed by atoms with van der Waals surface area (Å²) in [6.45, 7) is 1.92. The van der Waals surface area contributed by atoms with E-state index in [0.717, 1.165) is 37.7 Å². The number of benzene rings is 1. The normalized spacial score (nSPS) is 16.4. The molecule has 1 aromatic rings. The second-order valence-corrected chi connectivity index (χ2v) is 5.69. The van der Waals surface area contributed by atoms with Gasteiger partial charge >= 0.3 is 0 Å². The maximum absolute atomic E-state index is 12.5. The van der Waals surface area contributed by atoms with Crippen LogP contribution in [0, 0.1) is 6.92 Å². The van der Waals surface area contributed by atoms with E-state index in [9.17, 15) is 4.79 Å². The molecular weight excluding hydrogens is 304 g/mol. The Morgan fingerprint density at radius 1 is 1.14 bits per heavy atom. The van der Waals surface area contributed by atoms with Gasteiger partial charge in [0.15, 0.2) is 11.5 Å². The highest BCUT2D eigenvalue weighted by atomic mass is 35.5. The average Bonchev–Trinajstić information content (AvgIpc) is 2.49. The molecule has 0 aliphatic heterocycles. The summed E-state index contributed by atoms with van der Waals surface area (Å²) in [5.74, 6) is 1.12. The zero-order chi connectivity index (χ0) is 15.5. The molecule has 0 radical (unpaired) electrons. The van der Waals surface area contributed by atoms with Crippen molar-refractivity contribution in [1.29, 1.82) is 0 Å². The van der Waals surface area contributed by atoms with E-state index in [4.69, 9.17) is 15.2 Å². The Bertz CT molecular complexity index is 528. The predicted octanol–water partition coefficient (Wildman–Crippen LogP) is 3.03. The third kappa shape index (κ3) is 3.84. The van der Waals surface area contributed by atoms with Crippen LogP contribution in [0.1, 0.15) is 37.7 Å². The lowest BCUT2D eigenvalue weighted by molar-refractivity contribution is -0.122. The highest BCUT2D eigenvalue weighted by Crippen LogP contribution is 2.34. The smallest absolute Gasteiger partial charge is 0.244 e. The van der Waals surface area contributed by atoms with E-state index in [1.54, 1.807) is 20.3 Å². The molecule has 6 heteroatoms. The molecule has 5 nitrogen and oxygen atoms in total. The van der Waals surface area contributed by atoms with Gasteiger partial charge in [0.05, 0.1) is 19.8 Å². The lowest BCUT2D eigenvalue weighted by Crippen LogP contribution is -2.52. The van der Waals surface area contributed by atoms with Crippen LogP contribution in [0.15, 0.2) is 12.1 Å². The van der Waals surface area contributed by atoms with Crippen molar-refractivity contribution >= 4 is 24.0 Å².